The van der Waals surface area contributed by atoms with E-state index in [1.165, 1.54) is 25.7 Å². The summed E-state index contributed by atoms with van der Waals surface area (Å²) in [4.78, 5) is 20.1. The molecule has 6 nitrogen and oxygen atoms in total. The number of amides is 1. The van der Waals surface area contributed by atoms with Crippen LogP contribution in [0.15, 0.2) is 4.99 Å². The largest absolute Gasteiger partial charge is 0.383 e. The highest BCUT2D eigenvalue weighted by Crippen LogP contribution is 2.47. The van der Waals surface area contributed by atoms with Crippen LogP contribution >= 0.6 is 24.0 Å². The zero-order valence-corrected chi connectivity index (χ0v) is 16.3. The van der Waals surface area contributed by atoms with Gasteiger partial charge in [0.2, 0.25) is 5.91 Å². The van der Waals surface area contributed by atoms with Gasteiger partial charge < -0.3 is 19.9 Å². The maximum absolute atomic E-state index is 11.7. The molecule has 1 aliphatic carbocycles. The van der Waals surface area contributed by atoms with Crippen molar-refractivity contribution in [2.45, 2.75) is 25.7 Å². The van der Waals surface area contributed by atoms with Crippen LogP contribution < -0.4 is 5.32 Å². The Kier molecular flexibility index (Phi) is 7.88. The quantitative estimate of drug-likeness (QED) is 0.312. The first-order valence-electron chi connectivity index (χ1n) is 7.79. The van der Waals surface area contributed by atoms with E-state index >= 15 is 0 Å². The minimum Gasteiger partial charge on any atom is -0.383 e. The number of carbonyl (C=O) groups is 1. The maximum atomic E-state index is 11.7. The van der Waals surface area contributed by atoms with Crippen LogP contribution in [0.2, 0.25) is 0 Å². The number of aliphatic imine (C=N–C) groups is 1. The van der Waals surface area contributed by atoms with Crippen LogP contribution in [0.4, 0.5) is 0 Å². The van der Waals surface area contributed by atoms with Crippen molar-refractivity contribution in [1.29, 1.82) is 0 Å². The van der Waals surface area contributed by atoms with E-state index in [2.05, 4.69) is 15.2 Å². The Morgan fingerprint density at radius 3 is 2.59 bits per heavy atom. The number of nitrogens with zero attached hydrogens (tertiary/aromatic N) is 3. The summed E-state index contributed by atoms with van der Waals surface area (Å²) < 4.78 is 5.08. The summed E-state index contributed by atoms with van der Waals surface area (Å²) in [6.07, 6.45) is 5.28. The maximum Gasteiger partial charge on any atom is 0.243 e. The van der Waals surface area contributed by atoms with Gasteiger partial charge in [-0.3, -0.25) is 4.79 Å². The van der Waals surface area contributed by atoms with Gasteiger partial charge in [-0.1, -0.05) is 6.42 Å². The highest BCUT2D eigenvalue weighted by atomic mass is 127. The zero-order chi connectivity index (χ0) is 15.3. The number of nitrogens with one attached hydrogen (secondary N) is 1. The summed E-state index contributed by atoms with van der Waals surface area (Å²) in [5, 5.41) is 3.32. The fourth-order valence-electron chi connectivity index (χ4n) is 3.02. The van der Waals surface area contributed by atoms with Crippen molar-refractivity contribution in [2.75, 3.05) is 54.0 Å². The molecule has 1 amide bonds. The lowest BCUT2D eigenvalue weighted by Crippen LogP contribution is -2.44. The standard InChI is InChI=1S/C15H28N4O2.HI/c1-18(2)13(20)11-17-14(16-8-10-21-3)19-9-7-15(12-19)5-4-6-15;/h4-12H2,1-3H3,(H,16,17);1H. The monoisotopic (exact) mass is 424 g/mol. The van der Waals surface area contributed by atoms with Crippen LogP contribution in [-0.4, -0.2) is 75.7 Å². The highest BCUT2D eigenvalue weighted by Gasteiger charge is 2.43. The lowest BCUT2D eigenvalue weighted by molar-refractivity contribution is -0.127. The molecule has 22 heavy (non-hydrogen) atoms. The molecule has 7 heteroatoms. The summed E-state index contributed by atoms with van der Waals surface area (Å²) in [5.74, 6) is 0.879. The van der Waals surface area contributed by atoms with E-state index in [4.69, 9.17) is 4.74 Å². The second-order valence-electron chi connectivity index (χ2n) is 6.37. The number of carbonyl (C=O) groups excluding carboxylic acids is 1. The van der Waals surface area contributed by atoms with Crippen LogP contribution in [0.1, 0.15) is 25.7 Å². The number of guanidine groups is 1. The Labute approximate surface area is 150 Å². The van der Waals surface area contributed by atoms with Gasteiger partial charge in [-0.15, -0.1) is 24.0 Å². The predicted octanol–water partition coefficient (Wildman–Crippen LogP) is 1.16. The Hall–Kier alpha value is -0.570. The molecular formula is C15H29IN4O2. The predicted molar refractivity (Wildman–Crippen MR) is 98.8 cm³/mol. The molecule has 2 rings (SSSR count). The van der Waals surface area contributed by atoms with Gasteiger partial charge >= 0.3 is 0 Å². The molecule has 0 radical (unpaired) electrons. The van der Waals surface area contributed by atoms with E-state index in [0.717, 1.165) is 25.6 Å². The fraction of sp³-hybridized carbons (Fsp3) is 0.867. The number of likely N-dealkylation sites (tertiary alicyclic amines) is 1. The number of likely N-dealkylation sites (N-methyl/N-ethyl adjacent to an activating group) is 1. The number of rotatable bonds is 5. The van der Waals surface area contributed by atoms with E-state index in [1.54, 1.807) is 26.1 Å². The van der Waals surface area contributed by atoms with E-state index in [1.807, 2.05) is 0 Å². The molecule has 2 aliphatic rings. The number of hydrogen-bond acceptors (Lipinski definition) is 3. The molecule has 0 bridgehead atoms. The Morgan fingerprint density at radius 2 is 2.09 bits per heavy atom. The molecule has 2 fully saturated rings. The van der Waals surface area contributed by atoms with Crippen molar-refractivity contribution in [3.8, 4) is 0 Å². The Morgan fingerprint density at radius 1 is 1.36 bits per heavy atom. The van der Waals surface area contributed by atoms with Gasteiger partial charge in [-0.25, -0.2) is 4.99 Å². The molecule has 128 valence electrons. The lowest BCUT2D eigenvalue weighted by Gasteiger charge is -2.38. The van der Waals surface area contributed by atoms with Crippen LogP contribution in [-0.2, 0) is 9.53 Å². The highest BCUT2D eigenvalue weighted by molar-refractivity contribution is 14.0. The van der Waals surface area contributed by atoms with Crippen molar-refractivity contribution in [3.05, 3.63) is 0 Å². The smallest absolute Gasteiger partial charge is 0.243 e. The molecule has 0 atom stereocenters. The van der Waals surface area contributed by atoms with Gasteiger partial charge in [-0.05, 0) is 24.7 Å². The summed E-state index contributed by atoms with van der Waals surface area (Å²) in [7, 11) is 5.21. The number of hydrogen-bond donors (Lipinski definition) is 1. The van der Waals surface area contributed by atoms with Crippen molar-refractivity contribution < 1.29 is 9.53 Å². The zero-order valence-electron chi connectivity index (χ0n) is 13.9. The summed E-state index contributed by atoms with van der Waals surface area (Å²) in [6, 6.07) is 0. The average molecular weight is 424 g/mol. The second-order valence-corrected chi connectivity index (χ2v) is 6.37. The molecule has 0 aromatic heterocycles. The summed E-state index contributed by atoms with van der Waals surface area (Å²) in [6.45, 7) is 3.66. The van der Waals surface area contributed by atoms with Crippen molar-refractivity contribution in [2.24, 2.45) is 10.4 Å². The second kappa shape index (κ2) is 8.90. The van der Waals surface area contributed by atoms with Gasteiger partial charge in [0.25, 0.3) is 0 Å². The van der Waals surface area contributed by atoms with Gasteiger partial charge in [0, 0.05) is 40.8 Å². The number of ether oxygens (including phenoxy) is 1. The Bertz CT molecular complexity index is 397. The third-order valence-corrected chi connectivity index (χ3v) is 4.60. The van der Waals surface area contributed by atoms with E-state index < -0.39 is 0 Å². The molecule has 0 unspecified atom stereocenters. The summed E-state index contributed by atoms with van der Waals surface area (Å²) >= 11 is 0. The minimum absolute atomic E-state index is 0. The first-order chi connectivity index (χ1) is 10.1. The van der Waals surface area contributed by atoms with Crippen LogP contribution in [0, 0.1) is 5.41 Å². The average Bonchev–Trinajstić information content (AvgIpc) is 2.87. The summed E-state index contributed by atoms with van der Waals surface area (Å²) in [5.41, 5.74) is 0.523. The molecule has 1 saturated heterocycles. The minimum atomic E-state index is 0. The van der Waals surface area contributed by atoms with Gasteiger partial charge in [0.1, 0.15) is 6.54 Å². The van der Waals surface area contributed by atoms with E-state index in [-0.39, 0.29) is 36.4 Å². The third kappa shape index (κ3) is 4.97. The topological polar surface area (TPSA) is 57.2 Å². The van der Waals surface area contributed by atoms with Crippen molar-refractivity contribution in [3.63, 3.8) is 0 Å². The molecule has 1 aliphatic heterocycles. The molecule has 0 aromatic rings. The molecule has 1 spiro atoms. The van der Waals surface area contributed by atoms with Crippen molar-refractivity contribution in [1.82, 2.24) is 15.1 Å². The molecule has 1 heterocycles. The molecule has 0 aromatic carbocycles. The van der Waals surface area contributed by atoms with Gasteiger partial charge in [-0.2, -0.15) is 0 Å². The first-order valence-corrected chi connectivity index (χ1v) is 7.79. The molecule has 1 N–H and O–H groups in total. The number of halogens is 1. The Balaban J connectivity index is 0.00000242. The first kappa shape index (κ1) is 19.5. The van der Waals surface area contributed by atoms with E-state index in [0.29, 0.717) is 12.0 Å². The lowest BCUT2D eigenvalue weighted by atomic mass is 9.68. The number of methoxy groups -OCH3 is 1. The third-order valence-electron chi connectivity index (χ3n) is 4.60. The van der Waals surface area contributed by atoms with Crippen LogP contribution in [0.3, 0.4) is 0 Å². The van der Waals surface area contributed by atoms with E-state index in [9.17, 15) is 4.79 Å². The normalized spacial score (nSPS) is 19.6. The fourth-order valence-corrected chi connectivity index (χ4v) is 3.02. The molecule has 1 saturated carbocycles. The SMILES string of the molecule is COCCNC(=NCC(=O)N(C)C)N1CCC2(CCC2)C1.I. The van der Waals surface area contributed by atoms with Gasteiger partial charge in [0.15, 0.2) is 5.96 Å². The van der Waals surface area contributed by atoms with Crippen LogP contribution in [0.25, 0.3) is 0 Å². The molecular weight excluding hydrogens is 395 g/mol. The van der Waals surface area contributed by atoms with Crippen LogP contribution in [0.5, 0.6) is 0 Å². The van der Waals surface area contributed by atoms with Gasteiger partial charge in [0.05, 0.1) is 6.61 Å². The van der Waals surface area contributed by atoms with Crippen molar-refractivity contribution >= 4 is 35.8 Å².